The predicted octanol–water partition coefficient (Wildman–Crippen LogP) is 4.14. The molecule has 0 aliphatic heterocycles. The van der Waals surface area contributed by atoms with Gasteiger partial charge in [0.15, 0.2) is 5.78 Å². The first kappa shape index (κ1) is 20.7. The maximum absolute atomic E-state index is 13.0. The molecular formula is C18H21F3N2O4. The minimum absolute atomic E-state index is 0.0198. The number of rotatable bonds is 5. The molecule has 1 aromatic carbocycles. The minimum atomic E-state index is -4.70. The van der Waals surface area contributed by atoms with E-state index in [1.165, 1.54) is 26.2 Å². The van der Waals surface area contributed by atoms with Gasteiger partial charge in [-0.05, 0) is 32.9 Å². The molecule has 0 aliphatic carbocycles. The number of Topliss-reactive ketones (excluding diaryl/α,β-unsaturated/α-hetero) is 1. The lowest BCUT2D eigenvalue weighted by atomic mass is 9.95. The number of hydrogen-bond acceptors (Lipinski definition) is 5. The number of ketones is 1. The Morgan fingerprint density at radius 3 is 2.37 bits per heavy atom. The Bertz CT molecular complexity index is 866. The molecule has 0 saturated carbocycles. The van der Waals surface area contributed by atoms with Crippen LogP contribution in [0.15, 0.2) is 12.1 Å². The first-order valence-electron chi connectivity index (χ1n) is 8.23. The summed E-state index contributed by atoms with van der Waals surface area (Å²) in [7, 11) is 1.30. The van der Waals surface area contributed by atoms with Crippen molar-refractivity contribution in [2.75, 3.05) is 7.11 Å². The zero-order chi connectivity index (χ0) is 20.6. The monoisotopic (exact) mass is 386 g/mol. The fourth-order valence-corrected chi connectivity index (χ4v) is 2.56. The van der Waals surface area contributed by atoms with E-state index in [1.54, 1.807) is 20.8 Å². The SMILES string of the molecule is COc1ccc(C(=O)C(C)CC(=O)OC(C)(C)C)c2nc(C(F)(F)F)[nH]c12. The van der Waals surface area contributed by atoms with Gasteiger partial charge >= 0.3 is 12.1 Å². The first-order chi connectivity index (χ1) is 12.3. The molecule has 6 nitrogen and oxygen atoms in total. The number of alkyl halides is 3. The number of carbonyl (C=O) groups excluding carboxylic acids is 2. The Hall–Kier alpha value is -2.58. The molecule has 148 valence electrons. The van der Waals surface area contributed by atoms with Gasteiger partial charge in [0, 0.05) is 11.5 Å². The number of methoxy groups -OCH3 is 1. The third-order valence-electron chi connectivity index (χ3n) is 3.70. The number of carbonyl (C=O) groups is 2. The van der Waals surface area contributed by atoms with Crippen molar-refractivity contribution >= 4 is 22.8 Å². The van der Waals surface area contributed by atoms with Crippen molar-refractivity contribution in [3.63, 3.8) is 0 Å². The topological polar surface area (TPSA) is 81.3 Å². The summed E-state index contributed by atoms with van der Waals surface area (Å²) in [4.78, 5) is 30.4. The number of ether oxygens (including phenoxy) is 2. The van der Waals surface area contributed by atoms with Gasteiger partial charge in [0.25, 0.3) is 0 Å². The molecule has 2 aromatic rings. The minimum Gasteiger partial charge on any atom is -0.494 e. The van der Waals surface area contributed by atoms with Gasteiger partial charge in [0.1, 0.15) is 22.4 Å². The second kappa shape index (κ2) is 7.21. The van der Waals surface area contributed by atoms with Crippen LogP contribution in [-0.4, -0.2) is 34.4 Å². The molecule has 0 spiro atoms. The quantitative estimate of drug-likeness (QED) is 0.617. The van der Waals surface area contributed by atoms with Crippen molar-refractivity contribution in [3.8, 4) is 5.75 Å². The van der Waals surface area contributed by atoms with Crippen LogP contribution in [-0.2, 0) is 15.7 Å². The zero-order valence-electron chi connectivity index (χ0n) is 15.7. The second-order valence-electron chi connectivity index (χ2n) is 7.18. The predicted molar refractivity (Wildman–Crippen MR) is 91.6 cm³/mol. The number of nitrogens with zero attached hydrogens (tertiary/aromatic N) is 1. The van der Waals surface area contributed by atoms with Crippen LogP contribution in [0.2, 0.25) is 0 Å². The average Bonchev–Trinajstić information content (AvgIpc) is 2.96. The molecule has 1 heterocycles. The van der Waals surface area contributed by atoms with Crippen molar-refractivity contribution in [2.24, 2.45) is 5.92 Å². The smallest absolute Gasteiger partial charge is 0.449 e. The van der Waals surface area contributed by atoms with Crippen LogP contribution in [0.25, 0.3) is 11.0 Å². The summed E-state index contributed by atoms with van der Waals surface area (Å²) in [5, 5.41) is 0. The number of imidazole rings is 1. The van der Waals surface area contributed by atoms with Crippen molar-refractivity contribution in [1.29, 1.82) is 0 Å². The van der Waals surface area contributed by atoms with E-state index in [0.29, 0.717) is 0 Å². The lowest BCUT2D eigenvalue weighted by Crippen LogP contribution is -2.26. The number of fused-ring (bicyclic) bond motifs is 1. The molecule has 0 fully saturated rings. The maximum Gasteiger partial charge on any atom is 0.449 e. The Kier molecular flexibility index (Phi) is 5.53. The van der Waals surface area contributed by atoms with Crippen molar-refractivity contribution in [3.05, 3.63) is 23.5 Å². The van der Waals surface area contributed by atoms with Gasteiger partial charge in [-0.15, -0.1) is 0 Å². The standard InChI is InChI=1S/C18H21F3N2O4/c1-9(8-12(24)27-17(2,3)4)15(25)10-6-7-11(26-5)14-13(10)22-16(23-14)18(19,20)21/h6-7,9H,8H2,1-5H3,(H,22,23). The molecule has 1 N–H and O–H groups in total. The van der Waals surface area contributed by atoms with E-state index in [9.17, 15) is 22.8 Å². The Balaban J connectivity index is 2.38. The van der Waals surface area contributed by atoms with E-state index in [1.807, 2.05) is 0 Å². The number of hydrogen-bond donors (Lipinski definition) is 1. The van der Waals surface area contributed by atoms with Crippen molar-refractivity contribution in [2.45, 2.75) is 45.9 Å². The summed E-state index contributed by atoms with van der Waals surface area (Å²) in [6.45, 7) is 6.62. The highest BCUT2D eigenvalue weighted by Crippen LogP contribution is 2.34. The maximum atomic E-state index is 13.0. The molecule has 0 radical (unpaired) electrons. The summed E-state index contributed by atoms with van der Waals surface area (Å²) >= 11 is 0. The molecular weight excluding hydrogens is 365 g/mol. The summed E-state index contributed by atoms with van der Waals surface area (Å²) in [6.07, 6.45) is -4.90. The van der Waals surface area contributed by atoms with Crippen LogP contribution in [0.5, 0.6) is 5.75 Å². The van der Waals surface area contributed by atoms with Gasteiger partial charge in [-0.2, -0.15) is 13.2 Å². The largest absolute Gasteiger partial charge is 0.494 e. The van der Waals surface area contributed by atoms with Crippen LogP contribution < -0.4 is 4.74 Å². The zero-order valence-corrected chi connectivity index (χ0v) is 15.7. The van der Waals surface area contributed by atoms with E-state index >= 15 is 0 Å². The third-order valence-corrected chi connectivity index (χ3v) is 3.70. The Morgan fingerprint density at radius 2 is 1.85 bits per heavy atom. The van der Waals surface area contributed by atoms with Crippen molar-refractivity contribution in [1.82, 2.24) is 9.97 Å². The molecule has 2 rings (SSSR count). The van der Waals surface area contributed by atoms with Gasteiger partial charge in [-0.3, -0.25) is 9.59 Å². The number of aromatic nitrogens is 2. The van der Waals surface area contributed by atoms with Gasteiger partial charge in [0.05, 0.1) is 13.5 Å². The number of esters is 1. The summed E-state index contributed by atoms with van der Waals surface area (Å²) in [6, 6.07) is 2.73. The molecule has 0 amide bonds. The highest BCUT2D eigenvalue weighted by Gasteiger charge is 2.36. The first-order valence-corrected chi connectivity index (χ1v) is 8.23. The lowest BCUT2D eigenvalue weighted by molar-refractivity contribution is -0.155. The van der Waals surface area contributed by atoms with E-state index in [-0.39, 0.29) is 28.8 Å². The number of nitrogens with one attached hydrogen (secondary N) is 1. The van der Waals surface area contributed by atoms with Gasteiger partial charge < -0.3 is 14.5 Å². The molecule has 27 heavy (non-hydrogen) atoms. The number of halogens is 3. The molecule has 1 unspecified atom stereocenters. The van der Waals surface area contributed by atoms with E-state index in [4.69, 9.17) is 9.47 Å². The third kappa shape index (κ3) is 4.78. The fourth-order valence-electron chi connectivity index (χ4n) is 2.56. The molecule has 0 saturated heterocycles. The fraction of sp³-hybridized carbons (Fsp3) is 0.500. The van der Waals surface area contributed by atoms with Gasteiger partial charge in [0.2, 0.25) is 5.82 Å². The highest BCUT2D eigenvalue weighted by atomic mass is 19.4. The molecule has 9 heteroatoms. The summed E-state index contributed by atoms with van der Waals surface area (Å²) in [5.41, 5.74) is -0.895. The van der Waals surface area contributed by atoms with E-state index < -0.39 is 35.3 Å². The summed E-state index contributed by atoms with van der Waals surface area (Å²) < 4.78 is 49.2. The van der Waals surface area contributed by atoms with Crippen LogP contribution in [0, 0.1) is 5.92 Å². The Morgan fingerprint density at radius 1 is 1.22 bits per heavy atom. The Labute approximate surface area is 154 Å². The van der Waals surface area contributed by atoms with Gasteiger partial charge in [-0.25, -0.2) is 4.98 Å². The number of aromatic amines is 1. The average molecular weight is 386 g/mol. The van der Waals surface area contributed by atoms with Crippen LogP contribution >= 0.6 is 0 Å². The van der Waals surface area contributed by atoms with Crippen LogP contribution in [0.1, 0.15) is 50.3 Å². The summed E-state index contributed by atoms with van der Waals surface area (Å²) in [5.74, 6) is -2.96. The van der Waals surface area contributed by atoms with E-state index in [0.717, 1.165) is 0 Å². The van der Waals surface area contributed by atoms with Crippen LogP contribution in [0.3, 0.4) is 0 Å². The normalized spacial score (nSPS) is 13.5. The number of benzene rings is 1. The second-order valence-corrected chi connectivity index (χ2v) is 7.18. The van der Waals surface area contributed by atoms with Gasteiger partial charge in [-0.1, -0.05) is 6.92 Å². The van der Waals surface area contributed by atoms with Crippen molar-refractivity contribution < 1.29 is 32.2 Å². The molecule has 1 aromatic heterocycles. The lowest BCUT2D eigenvalue weighted by Gasteiger charge is -2.20. The molecule has 0 aliphatic rings. The highest BCUT2D eigenvalue weighted by molar-refractivity contribution is 6.09. The van der Waals surface area contributed by atoms with Crippen LogP contribution in [0.4, 0.5) is 13.2 Å². The molecule has 0 bridgehead atoms. The van der Waals surface area contributed by atoms with E-state index in [2.05, 4.69) is 9.97 Å². The molecule has 1 atom stereocenters. The number of H-pyrrole nitrogens is 1.